The van der Waals surface area contributed by atoms with Gasteiger partial charge in [0.25, 0.3) is 5.69 Å². The first kappa shape index (κ1) is 28.3. The monoisotopic (exact) mass is 526 g/mol. The van der Waals surface area contributed by atoms with E-state index in [9.17, 15) is 24.1 Å². The lowest BCUT2D eigenvalue weighted by Crippen LogP contribution is -2.44. The summed E-state index contributed by atoms with van der Waals surface area (Å²) in [6.45, 7) is 4.99. The number of anilines is 1. The van der Waals surface area contributed by atoms with E-state index in [2.05, 4.69) is 5.32 Å². The van der Waals surface area contributed by atoms with E-state index in [1.54, 1.807) is 36.1 Å². The topological polar surface area (TPSA) is 118 Å². The Morgan fingerprint density at radius 2 is 1.74 bits per heavy atom. The molecule has 0 aliphatic heterocycles. The number of hydrogen-bond donors (Lipinski definition) is 1. The average Bonchev–Trinajstić information content (AvgIpc) is 3.31. The molecule has 202 valence electrons. The minimum Gasteiger partial charge on any atom is -0.464 e. The van der Waals surface area contributed by atoms with Crippen LogP contribution in [0.1, 0.15) is 30.4 Å². The van der Waals surface area contributed by atoms with Gasteiger partial charge in [-0.1, -0.05) is 12.1 Å². The van der Waals surface area contributed by atoms with Crippen molar-refractivity contribution in [3.63, 3.8) is 0 Å². The van der Waals surface area contributed by atoms with Crippen molar-refractivity contribution in [1.29, 1.82) is 0 Å². The normalized spacial score (nSPS) is 10.7. The van der Waals surface area contributed by atoms with Crippen LogP contribution in [0, 0.1) is 22.9 Å². The van der Waals surface area contributed by atoms with Gasteiger partial charge in [-0.3, -0.25) is 14.9 Å². The van der Waals surface area contributed by atoms with Crippen LogP contribution in [0.5, 0.6) is 0 Å². The highest BCUT2D eigenvalue weighted by molar-refractivity contribution is 5.92. The fourth-order valence-corrected chi connectivity index (χ4v) is 3.69. The van der Waals surface area contributed by atoms with Gasteiger partial charge in [-0.2, -0.15) is 0 Å². The van der Waals surface area contributed by atoms with Gasteiger partial charge in [0.1, 0.15) is 23.9 Å². The molecule has 3 aromatic rings. The molecule has 3 rings (SSSR count). The second-order valence-corrected chi connectivity index (χ2v) is 8.59. The number of hydrogen-bond acceptors (Lipinski definition) is 6. The maximum Gasteiger partial charge on any atom is 0.322 e. The van der Waals surface area contributed by atoms with Gasteiger partial charge in [-0.05, 0) is 62.2 Å². The molecule has 0 radical (unpaired) electrons. The molecule has 0 aliphatic carbocycles. The minimum atomic E-state index is -0.528. The molecule has 38 heavy (non-hydrogen) atoms. The van der Waals surface area contributed by atoms with E-state index in [0.717, 1.165) is 5.56 Å². The van der Waals surface area contributed by atoms with Crippen molar-refractivity contribution in [2.45, 2.75) is 33.4 Å². The number of furan rings is 1. The number of carbonyl (C=O) groups excluding carboxylic acids is 2. The van der Waals surface area contributed by atoms with Gasteiger partial charge >= 0.3 is 6.03 Å². The molecule has 10 nitrogen and oxygen atoms in total. The summed E-state index contributed by atoms with van der Waals surface area (Å²) in [7, 11) is 0. The van der Waals surface area contributed by atoms with E-state index in [1.807, 2.05) is 6.92 Å². The zero-order valence-corrected chi connectivity index (χ0v) is 21.4. The van der Waals surface area contributed by atoms with Gasteiger partial charge in [0.05, 0.1) is 11.5 Å². The van der Waals surface area contributed by atoms with Crippen molar-refractivity contribution in [3.8, 4) is 0 Å². The summed E-state index contributed by atoms with van der Waals surface area (Å²) in [6.07, 6.45) is 0.504. The minimum absolute atomic E-state index is 0.101. The highest BCUT2D eigenvalue weighted by atomic mass is 19.1. The summed E-state index contributed by atoms with van der Waals surface area (Å²) in [5.41, 5.74) is 0.981. The van der Waals surface area contributed by atoms with Gasteiger partial charge in [0.2, 0.25) is 5.91 Å². The third-order valence-electron chi connectivity index (χ3n) is 5.65. The first-order valence-electron chi connectivity index (χ1n) is 12.2. The molecular weight excluding hydrogens is 495 g/mol. The Labute approximate surface area is 220 Å². The molecule has 1 N–H and O–H groups in total. The number of non-ortho nitro benzene ring substituents is 1. The second kappa shape index (κ2) is 13.9. The quantitative estimate of drug-likeness (QED) is 0.188. The molecule has 1 heterocycles. The van der Waals surface area contributed by atoms with Gasteiger partial charge in [-0.15, -0.1) is 0 Å². The van der Waals surface area contributed by atoms with Crippen LogP contribution in [0.3, 0.4) is 0 Å². The van der Waals surface area contributed by atoms with E-state index in [-0.39, 0.29) is 43.6 Å². The van der Waals surface area contributed by atoms with Crippen molar-refractivity contribution in [2.24, 2.45) is 0 Å². The molecule has 0 aliphatic rings. The lowest BCUT2D eigenvalue weighted by atomic mass is 10.2. The third kappa shape index (κ3) is 8.70. The molecule has 0 unspecified atom stereocenters. The number of nitro benzene ring substituents is 1. The van der Waals surface area contributed by atoms with Crippen LogP contribution in [0.2, 0.25) is 0 Å². The molecule has 0 spiro atoms. The molecule has 0 saturated heterocycles. The first-order valence-corrected chi connectivity index (χ1v) is 12.2. The lowest BCUT2D eigenvalue weighted by Gasteiger charge is -2.27. The molecule has 0 atom stereocenters. The summed E-state index contributed by atoms with van der Waals surface area (Å²) in [5, 5.41) is 13.6. The Bertz CT molecular complexity index is 1210. The Balaban J connectivity index is 1.76. The number of nitro groups is 1. The summed E-state index contributed by atoms with van der Waals surface area (Å²) in [4.78, 5) is 39.9. The number of nitrogens with zero attached hydrogens (tertiary/aromatic N) is 3. The number of amides is 3. The molecular formula is C27H31FN4O6. The highest BCUT2D eigenvalue weighted by Gasteiger charge is 2.23. The van der Waals surface area contributed by atoms with Gasteiger partial charge in [0.15, 0.2) is 0 Å². The summed E-state index contributed by atoms with van der Waals surface area (Å²) in [5.74, 6) is 0.570. The second-order valence-electron chi connectivity index (χ2n) is 8.59. The Kier molecular flexibility index (Phi) is 10.4. The van der Waals surface area contributed by atoms with E-state index in [4.69, 9.17) is 9.15 Å². The Morgan fingerprint density at radius 1 is 1.03 bits per heavy atom. The number of carbonyl (C=O) groups is 2. The Hall–Kier alpha value is -4.25. The smallest absolute Gasteiger partial charge is 0.322 e. The van der Waals surface area contributed by atoms with Gasteiger partial charge in [0, 0.05) is 44.1 Å². The summed E-state index contributed by atoms with van der Waals surface area (Å²) >= 11 is 0. The largest absolute Gasteiger partial charge is 0.464 e. The predicted molar refractivity (Wildman–Crippen MR) is 139 cm³/mol. The molecule has 0 bridgehead atoms. The number of rotatable bonds is 13. The first-order chi connectivity index (χ1) is 18.2. The average molecular weight is 527 g/mol. The van der Waals surface area contributed by atoms with Crippen molar-refractivity contribution < 1.29 is 28.1 Å². The molecule has 2 aromatic carbocycles. The highest BCUT2D eigenvalue weighted by Crippen LogP contribution is 2.17. The van der Waals surface area contributed by atoms with Crippen LogP contribution in [0.15, 0.2) is 65.1 Å². The number of ether oxygens (including phenoxy) is 1. The fraction of sp³-hybridized carbons (Fsp3) is 0.333. The molecule has 1 aromatic heterocycles. The van der Waals surface area contributed by atoms with Crippen LogP contribution >= 0.6 is 0 Å². The van der Waals surface area contributed by atoms with Crippen molar-refractivity contribution in [2.75, 3.05) is 31.6 Å². The van der Waals surface area contributed by atoms with Gasteiger partial charge in [-0.25, -0.2) is 9.18 Å². The third-order valence-corrected chi connectivity index (χ3v) is 5.65. The van der Waals surface area contributed by atoms with Gasteiger partial charge < -0.3 is 24.3 Å². The number of aryl methyl sites for hydroxylation is 1. The van der Waals surface area contributed by atoms with Crippen LogP contribution in [0.25, 0.3) is 0 Å². The zero-order chi connectivity index (χ0) is 27.5. The summed E-state index contributed by atoms with van der Waals surface area (Å²) < 4.78 is 24.5. The molecule has 0 saturated carbocycles. The van der Waals surface area contributed by atoms with Crippen molar-refractivity contribution >= 4 is 23.3 Å². The van der Waals surface area contributed by atoms with E-state index >= 15 is 0 Å². The predicted octanol–water partition coefficient (Wildman–Crippen LogP) is 5.12. The molecule has 0 fully saturated rings. The zero-order valence-electron chi connectivity index (χ0n) is 21.4. The Morgan fingerprint density at radius 3 is 2.34 bits per heavy atom. The number of halogens is 1. The fourth-order valence-electron chi connectivity index (χ4n) is 3.69. The molecule has 3 amide bonds. The van der Waals surface area contributed by atoms with Crippen LogP contribution in [-0.4, -0.2) is 53.0 Å². The maximum atomic E-state index is 13.5. The van der Waals surface area contributed by atoms with Crippen molar-refractivity contribution in [3.05, 3.63) is 93.7 Å². The summed E-state index contributed by atoms with van der Waals surface area (Å²) in [6, 6.07) is 14.3. The lowest BCUT2D eigenvalue weighted by molar-refractivity contribution is -0.384. The number of benzene rings is 2. The van der Waals surface area contributed by atoms with E-state index in [0.29, 0.717) is 36.8 Å². The SMILES string of the molecule is CCOCCCN(CC(=O)N(Cc1ccc(F)cc1)Cc1ccc(C)o1)C(=O)Nc1ccc([N+](=O)[O-])cc1. The van der Waals surface area contributed by atoms with Crippen LogP contribution in [-0.2, 0) is 22.6 Å². The number of urea groups is 1. The number of nitrogens with one attached hydrogen (secondary N) is 1. The van der Waals surface area contributed by atoms with Crippen LogP contribution in [0.4, 0.5) is 20.6 Å². The molecule has 11 heteroatoms. The van der Waals surface area contributed by atoms with E-state index < -0.39 is 11.0 Å². The standard InChI is InChI=1S/C27H31FN4O6/c1-3-37-16-4-15-30(27(34)29-23-10-12-24(13-11-23)32(35)36)19-26(33)31(18-25-14-5-20(2)38-25)17-21-6-8-22(28)9-7-21/h5-14H,3-4,15-19H2,1-2H3,(H,29,34). The van der Waals surface area contributed by atoms with Crippen LogP contribution < -0.4 is 5.32 Å². The van der Waals surface area contributed by atoms with E-state index in [1.165, 1.54) is 41.3 Å². The maximum absolute atomic E-state index is 13.5. The van der Waals surface area contributed by atoms with Crippen molar-refractivity contribution in [1.82, 2.24) is 9.80 Å².